The highest BCUT2D eigenvalue weighted by Crippen LogP contribution is 2.32. The van der Waals surface area contributed by atoms with E-state index in [2.05, 4.69) is 0 Å². The van der Waals surface area contributed by atoms with Gasteiger partial charge >= 0.3 is 24.1 Å². The van der Waals surface area contributed by atoms with Gasteiger partial charge in [-0.15, -0.1) is 0 Å². The molecule has 214 valence electrons. The Hall–Kier alpha value is -3.14. The third kappa shape index (κ3) is 10.7. The van der Waals surface area contributed by atoms with E-state index in [-0.39, 0.29) is 36.9 Å². The van der Waals surface area contributed by atoms with E-state index < -0.39 is 41.6 Å². The van der Waals surface area contributed by atoms with E-state index in [9.17, 15) is 24.3 Å². The van der Waals surface area contributed by atoms with Crippen LogP contribution in [0.5, 0.6) is 11.5 Å². The van der Waals surface area contributed by atoms with E-state index in [1.165, 1.54) is 19.1 Å². The highest BCUT2D eigenvalue weighted by Gasteiger charge is 2.37. The van der Waals surface area contributed by atoms with Crippen molar-refractivity contribution in [3.63, 3.8) is 0 Å². The summed E-state index contributed by atoms with van der Waals surface area (Å²) in [6, 6.07) is 4.44. The fraction of sp³-hybridized carbons (Fsp3) is 0.643. The van der Waals surface area contributed by atoms with Crippen LogP contribution in [0.25, 0.3) is 0 Å². The van der Waals surface area contributed by atoms with Crippen molar-refractivity contribution >= 4 is 24.1 Å². The van der Waals surface area contributed by atoms with Crippen molar-refractivity contribution in [2.45, 2.75) is 92.2 Å². The molecule has 38 heavy (non-hydrogen) atoms. The number of carboxylic acids is 1. The zero-order chi connectivity index (χ0) is 29.0. The summed E-state index contributed by atoms with van der Waals surface area (Å²) in [6.07, 6.45) is -0.326. The van der Waals surface area contributed by atoms with Crippen LogP contribution in [0.15, 0.2) is 18.2 Å². The minimum absolute atomic E-state index is 0.00443. The van der Waals surface area contributed by atoms with Crippen molar-refractivity contribution in [3.8, 4) is 11.5 Å². The molecule has 0 amide bonds. The highest BCUT2D eigenvalue weighted by atomic mass is 16.7. The smallest absolute Gasteiger partial charge is 0.480 e. The number of rotatable bonds is 15. The zero-order valence-electron chi connectivity index (χ0n) is 23.6. The fourth-order valence-corrected chi connectivity index (χ4v) is 3.31. The van der Waals surface area contributed by atoms with E-state index >= 15 is 0 Å². The number of ether oxygens (including phenoxy) is 4. The first-order valence-corrected chi connectivity index (χ1v) is 13.1. The van der Waals surface area contributed by atoms with Crippen LogP contribution in [-0.2, 0) is 30.3 Å². The minimum Gasteiger partial charge on any atom is -0.480 e. The maximum absolute atomic E-state index is 12.5. The summed E-state index contributed by atoms with van der Waals surface area (Å²) in [6.45, 7) is 12.8. The molecule has 3 N–H and O–H groups in total. The molecule has 3 unspecified atom stereocenters. The number of carboxylic acid groups (broad SMARTS) is 1. The van der Waals surface area contributed by atoms with E-state index in [0.717, 1.165) is 0 Å². The van der Waals surface area contributed by atoms with Gasteiger partial charge in [0.2, 0.25) is 0 Å². The highest BCUT2D eigenvalue weighted by molar-refractivity contribution is 5.80. The fourth-order valence-electron chi connectivity index (χ4n) is 3.31. The number of esters is 2. The normalized spacial score (nSPS) is 15.1. The van der Waals surface area contributed by atoms with Crippen molar-refractivity contribution < 1.29 is 43.2 Å². The van der Waals surface area contributed by atoms with Crippen molar-refractivity contribution in [1.29, 1.82) is 0 Å². The van der Waals surface area contributed by atoms with E-state index in [4.69, 9.17) is 24.7 Å². The van der Waals surface area contributed by atoms with Gasteiger partial charge in [0.05, 0.1) is 18.4 Å². The van der Waals surface area contributed by atoms with Crippen molar-refractivity contribution in [2.75, 3.05) is 6.61 Å². The third-order valence-electron chi connectivity index (χ3n) is 6.27. The molecule has 0 aromatic heterocycles. The first-order valence-electron chi connectivity index (χ1n) is 13.1. The number of hydrogen-bond acceptors (Lipinski definition) is 9. The maximum atomic E-state index is 12.5. The van der Waals surface area contributed by atoms with Crippen LogP contribution >= 0.6 is 0 Å². The topological polar surface area (TPSA) is 151 Å². The van der Waals surface area contributed by atoms with Gasteiger partial charge in [-0.1, -0.05) is 47.6 Å². The number of benzene rings is 1. The number of aliphatic carboxylic acids is 1. The molecule has 10 heteroatoms. The molecule has 0 heterocycles. The molecule has 10 nitrogen and oxygen atoms in total. The van der Waals surface area contributed by atoms with Crippen LogP contribution < -0.4 is 15.2 Å². The van der Waals surface area contributed by atoms with Gasteiger partial charge in [0, 0.05) is 12.8 Å². The van der Waals surface area contributed by atoms with Crippen LogP contribution in [0.1, 0.15) is 79.7 Å². The summed E-state index contributed by atoms with van der Waals surface area (Å²) in [7, 11) is 0. The van der Waals surface area contributed by atoms with Crippen LogP contribution in [0.3, 0.4) is 0 Å². The zero-order valence-corrected chi connectivity index (χ0v) is 23.6. The van der Waals surface area contributed by atoms with Crippen LogP contribution in [0.4, 0.5) is 4.79 Å². The van der Waals surface area contributed by atoms with Gasteiger partial charge in [-0.25, -0.2) is 4.79 Å². The molecule has 0 radical (unpaired) electrons. The molecule has 0 bridgehead atoms. The van der Waals surface area contributed by atoms with Gasteiger partial charge in [-0.3, -0.25) is 14.4 Å². The molecule has 0 aliphatic carbocycles. The lowest BCUT2D eigenvalue weighted by atomic mass is 9.86. The molecule has 0 saturated heterocycles. The molecule has 1 aromatic rings. The Balaban J connectivity index is 3.13. The van der Waals surface area contributed by atoms with Gasteiger partial charge < -0.3 is 29.8 Å². The Morgan fingerprint density at radius 1 is 0.921 bits per heavy atom. The molecular weight excluding hydrogens is 494 g/mol. The van der Waals surface area contributed by atoms with Crippen LogP contribution in [0, 0.1) is 17.8 Å². The van der Waals surface area contributed by atoms with Crippen LogP contribution in [0.2, 0.25) is 0 Å². The molecule has 0 fully saturated rings. The van der Waals surface area contributed by atoms with Gasteiger partial charge in [0.1, 0.15) is 11.6 Å². The SMILES string of the molecule is CCC(C)C(=O)Oc1ccc(CC(N)(C[C@H](C)OC(=O)OCCC(C)C)C(=O)O)cc1OC(=O)C(C)CC. The second-order valence-electron chi connectivity index (χ2n) is 10.3. The van der Waals surface area contributed by atoms with Crippen molar-refractivity contribution in [2.24, 2.45) is 23.5 Å². The molecule has 1 aromatic carbocycles. The minimum atomic E-state index is -1.81. The second kappa shape index (κ2) is 15.3. The summed E-state index contributed by atoms with van der Waals surface area (Å²) in [5, 5.41) is 9.91. The largest absolute Gasteiger partial charge is 0.508 e. The summed E-state index contributed by atoms with van der Waals surface area (Å²) < 4.78 is 21.2. The number of carbonyl (C=O) groups is 4. The molecular formula is C28H43NO9. The monoisotopic (exact) mass is 537 g/mol. The Bertz CT molecular complexity index is 962. The van der Waals surface area contributed by atoms with E-state index in [1.54, 1.807) is 19.9 Å². The Morgan fingerprint density at radius 2 is 1.47 bits per heavy atom. The number of hydrogen-bond donors (Lipinski definition) is 2. The molecule has 0 aliphatic heterocycles. The number of carbonyl (C=O) groups excluding carboxylic acids is 3. The Kier molecular flexibility index (Phi) is 13.3. The van der Waals surface area contributed by atoms with Gasteiger partial charge in [-0.05, 0) is 49.8 Å². The standard InChI is InChI=1S/C28H43NO9/c1-8-18(5)24(30)37-22-11-10-21(14-23(22)38-25(31)19(6)9-2)16-28(29,26(32)33)15-20(7)36-27(34)35-13-12-17(3)4/h10-11,14,17-20H,8-9,12-13,15-16,29H2,1-7H3,(H,32,33)/t18?,19?,20-,28?/m0/s1. The summed E-state index contributed by atoms with van der Waals surface area (Å²) >= 11 is 0. The lowest BCUT2D eigenvalue weighted by molar-refractivity contribution is -0.145. The maximum Gasteiger partial charge on any atom is 0.508 e. The average molecular weight is 538 g/mol. The van der Waals surface area contributed by atoms with Gasteiger partial charge in [0.25, 0.3) is 0 Å². The van der Waals surface area contributed by atoms with E-state index in [1.807, 2.05) is 27.7 Å². The Morgan fingerprint density at radius 3 is 1.97 bits per heavy atom. The van der Waals surface area contributed by atoms with E-state index in [0.29, 0.717) is 30.7 Å². The molecule has 0 spiro atoms. The first-order chi connectivity index (χ1) is 17.7. The summed E-state index contributed by atoms with van der Waals surface area (Å²) in [5.74, 6) is -2.66. The van der Waals surface area contributed by atoms with Crippen LogP contribution in [-0.4, -0.2) is 47.4 Å². The molecule has 1 rings (SSSR count). The number of nitrogens with two attached hydrogens (primary N) is 1. The summed E-state index contributed by atoms with van der Waals surface area (Å²) in [5.41, 5.74) is 4.87. The summed E-state index contributed by atoms with van der Waals surface area (Å²) in [4.78, 5) is 49.0. The first kappa shape index (κ1) is 32.9. The van der Waals surface area contributed by atoms with Gasteiger partial charge in [-0.2, -0.15) is 0 Å². The Labute approximate surface area is 225 Å². The molecule has 4 atom stereocenters. The second-order valence-corrected chi connectivity index (χ2v) is 10.3. The molecule has 0 aliphatic rings. The van der Waals surface area contributed by atoms with Crippen molar-refractivity contribution in [1.82, 2.24) is 0 Å². The lowest BCUT2D eigenvalue weighted by Gasteiger charge is -2.28. The van der Waals surface area contributed by atoms with Crippen molar-refractivity contribution in [3.05, 3.63) is 23.8 Å². The predicted octanol–water partition coefficient (Wildman–Crippen LogP) is 4.89. The predicted molar refractivity (Wildman–Crippen MR) is 141 cm³/mol. The van der Waals surface area contributed by atoms with Gasteiger partial charge in [0.15, 0.2) is 11.5 Å². The average Bonchev–Trinajstić information content (AvgIpc) is 2.83. The third-order valence-corrected chi connectivity index (χ3v) is 6.27. The molecule has 0 saturated carbocycles. The quantitative estimate of drug-likeness (QED) is 0.234. The lowest BCUT2D eigenvalue weighted by Crippen LogP contribution is -2.52.